The third-order valence-corrected chi connectivity index (χ3v) is 5.06. The molecule has 28 heavy (non-hydrogen) atoms. The molecule has 0 saturated heterocycles. The summed E-state index contributed by atoms with van der Waals surface area (Å²) in [7, 11) is -2.73. The molecule has 1 N–H and O–H groups in total. The summed E-state index contributed by atoms with van der Waals surface area (Å²) >= 11 is 5.91. The first-order valence-electron chi connectivity index (χ1n) is 7.71. The van der Waals surface area contributed by atoms with Crippen molar-refractivity contribution in [2.45, 2.75) is 6.18 Å². The normalized spacial score (nSPS) is 11.8. The first kappa shape index (κ1) is 21.8. The van der Waals surface area contributed by atoms with Crippen molar-refractivity contribution in [3.63, 3.8) is 0 Å². The molecule has 0 aliphatic heterocycles. The summed E-state index contributed by atoms with van der Waals surface area (Å²) in [4.78, 5) is 12.4. The fourth-order valence-electron chi connectivity index (χ4n) is 2.33. The maximum atomic E-state index is 13.0. The van der Waals surface area contributed by atoms with Gasteiger partial charge in [-0.3, -0.25) is 9.10 Å². The molecule has 2 aromatic carbocycles. The number of carbonyl (C=O) groups excluding carboxylic acids is 1. The first-order valence-corrected chi connectivity index (χ1v) is 9.93. The minimum absolute atomic E-state index is 0.247. The van der Waals surface area contributed by atoms with Gasteiger partial charge in [0.15, 0.2) is 0 Å². The number of alkyl halides is 3. The number of hydrogen-bond acceptors (Lipinski definition) is 4. The molecule has 0 fully saturated rings. The number of benzene rings is 2. The number of para-hydroxylation sites is 2. The summed E-state index contributed by atoms with van der Waals surface area (Å²) in [5, 5.41) is 2.22. The van der Waals surface area contributed by atoms with Gasteiger partial charge in [0.25, 0.3) is 0 Å². The molecule has 11 heteroatoms. The highest BCUT2D eigenvalue weighted by atomic mass is 35.5. The summed E-state index contributed by atoms with van der Waals surface area (Å²) in [5.74, 6) is -0.456. The van der Waals surface area contributed by atoms with E-state index in [1.807, 2.05) is 0 Å². The van der Waals surface area contributed by atoms with Crippen LogP contribution in [0.1, 0.15) is 5.56 Å². The number of rotatable bonds is 6. The van der Waals surface area contributed by atoms with Crippen molar-refractivity contribution in [3.8, 4) is 5.75 Å². The second-order valence-corrected chi connectivity index (χ2v) is 8.00. The molecule has 152 valence electrons. The standard InChI is InChI=1S/C17H16ClF3N2O4S/c1-27-15-6-4-3-5-13(15)22-16(24)10-23(28(2,25)26)14-9-11(17(19,20)21)7-8-12(14)18/h3-9H,10H2,1-2H3,(H,22,24). The van der Waals surface area contributed by atoms with Crippen LogP contribution < -0.4 is 14.4 Å². The topological polar surface area (TPSA) is 75.7 Å². The molecular formula is C17H16ClF3N2O4S. The van der Waals surface area contributed by atoms with E-state index in [1.54, 1.807) is 18.2 Å². The Balaban J connectivity index is 2.37. The molecular weight excluding hydrogens is 421 g/mol. The minimum atomic E-state index is -4.71. The highest BCUT2D eigenvalue weighted by Crippen LogP contribution is 2.36. The fraction of sp³-hybridized carbons (Fsp3) is 0.235. The van der Waals surface area contributed by atoms with Crippen molar-refractivity contribution < 1.29 is 31.1 Å². The van der Waals surface area contributed by atoms with Gasteiger partial charge in [-0.25, -0.2) is 8.42 Å². The SMILES string of the molecule is COc1ccccc1NC(=O)CN(c1cc(C(F)(F)F)ccc1Cl)S(C)(=O)=O. The molecule has 0 unspecified atom stereocenters. The third kappa shape index (κ3) is 5.29. The van der Waals surface area contributed by atoms with Crippen molar-refractivity contribution >= 4 is 38.9 Å². The van der Waals surface area contributed by atoms with E-state index in [9.17, 15) is 26.4 Å². The molecule has 1 amide bonds. The molecule has 0 aliphatic carbocycles. The van der Waals surface area contributed by atoms with E-state index in [1.165, 1.54) is 13.2 Å². The second-order valence-electron chi connectivity index (χ2n) is 5.68. The van der Waals surface area contributed by atoms with Gasteiger partial charge in [-0.15, -0.1) is 0 Å². The lowest BCUT2D eigenvalue weighted by atomic mass is 10.2. The third-order valence-electron chi connectivity index (χ3n) is 3.61. The van der Waals surface area contributed by atoms with Crippen molar-refractivity contribution in [2.75, 3.05) is 29.5 Å². The number of sulfonamides is 1. The summed E-state index contributed by atoms with van der Waals surface area (Å²) in [6, 6.07) is 8.62. The highest BCUT2D eigenvalue weighted by Gasteiger charge is 2.33. The second kappa shape index (κ2) is 8.27. The predicted octanol–water partition coefficient (Wildman–Crippen LogP) is 3.77. The molecule has 0 spiro atoms. The average Bonchev–Trinajstić information content (AvgIpc) is 2.59. The van der Waals surface area contributed by atoms with Gasteiger partial charge in [-0.1, -0.05) is 23.7 Å². The van der Waals surface area contributed by atoms with Crippen LogP contribution in [0, 0.1) is 0 Å². The molecule has 2 rings (SSSR count). The zero-order valence-corrected chi connectivity index (χ0v) is 16.3. The number of hydrogen-bond donors (Lipinski definition) is 1. The first-order chi connectivity index (χ1) is 12.9. The van der Waals surface area contributed by atoms with E-state index in [0.29, 0.717) is 16.1 Å². The largest absolute Gasteiger partial charge is 0.495 e. The Morgan fingerprint density at radius 2 is 1.86 bits per heavy atom. The number of methoxy groups -OCH3 is 1. The Morgan fingerprint density at radius 3 is 2.43 bits per heavy atom. The van der Waals surface area contributed by atoms with Crippen molar-refractivity contribution in [2.24, 2.45) is 0 Å². The van der Waals surface area contributed by atoms with E-state index in [-0.39, 0.29) is 10.7 Å². The number of nitrogens with zero attached hydrogens (tertiary/aromatic N) is 1. The van der Waals surface area contributed by atoms with Crippen LogP contribution in [0.25, 0.3) is 0 Å². The smallest absolute Gasteiger partial charge is 0.416 e. The summed E-state index contributed by atoms with van der Waals surface area (Å²) in [6.45, 7) is -0.780. The van der Waals surface area contributed by atoms with Crippen LogP contribution in [0.3, 0.4) is 0 Å². The zero-order valence-electron chi connectivity index (χ0n) is 14.7. The Kier molecular flexibility index (Phi) is 6.45. The van der Waals surface area contributed by atoms with Crippen LogP contribution in [-0.2, 0) is 21.0 Å². The summed E-state index contributed by atoms with van der Waals surface area (Å²) in [5.41, 5.74) is -1.27. The molecule has 0 radical (unpaired) electrons. The lowest BCUT2D eigenvalue weighted by Gasteiger charge is -2.24. The van der Waals surface area contributed by atoms with Crippen molar-refractivity contribution in [1.82, 2.24) is 0 Å². The summed E-state index contributed by atoms with van der Waals surface area (Å²) < 4.78 is 68.8. The lowest BCUT2D eigenvalue weighted by molar-refractivity contribution is -0.137. The molecule has 2 aromatic rings. The Bertz CT molecular complexity index is 981. The minimum Gasteiger partial charge on any atom is -0.495 e. The van der Waals surface area contributed by atoms with Gasteiger partial charge in [-0.05, 0) is 30.3 Å². The van der Waals surface area contributed by atoms with Crippen LogP contribution in [0.15, 0.2) is 42.5 Å². The van der Waals surface area contributed by atoms with Crippen LogP contribution in [0.5, 0.6) is 5.75 Å². The Labute approximate surface area is 164 Å². The molecule has 0 saturated carbocycles. The Hall–Kier alpha value is -2.46. The molecule has 0 aliphatic rings. The molecule has 0 bridgehead atoms. The molecule has 6 nitrogen and oxygen atoms in total. The lowest BCUT2D eigenvalue weighted by Crippen LogP contribution is -2.37. The highest BCUT2D eigenvalue weighted by molar-refractivity contribution is 7.92. The van der Waals surface area contributed by atoms with Crippen LogP contribution in [0.4, 0.5) is 24.5 Å². The maximum absolute atomic E-state index is 13.0. The van der Waals surface area contributed by atoms with E-state index in [4.69, 9.17) is 16.3 Å². The van der Waals surface area contributed by atoms with Gasteiger partial charge in [0, 0.05) is 0 Å². The molecule has 0 atom stereocenters. The number of amides is 1. The zero-order chi connectivity index (χ0) is 21.1. The Morgan fingerprint density at radius 1 is 1.21 bits per heavy atom. The molecule has 0 heterocycles. The number of halogens is 4. The van der Waals surface area contributed by atoms with Gasteiger partial charge in [0.1, 0.15) is 12.3 Å². The van der Waals surface area contributed by atoms with E-state index < -0.39 is 39.9 Å². The van der Waals surface area contributed by atoms with Gasteiger partial charge in [-0.2, -0.15) is 13.2 Å². The van der Waals surface area contributed by atoms with E-state index >= 15 is 0 Å². The number of nitrogens with one attached hydrogen (secondary N) is 1. The molecule has 0 aromatic heterocycles. The van der Waals surface area contributed by atoms with Gasteiger partial charge in [0.2, 0.25) is 15.9 Å². The van der Waals surface area contributed by atoms with Gasteiger partial charge < -0.3 is 10.1 Å². The van der Waals surface area contributed by atoms with E-state index in [2.05, 4.69) is 5.32 Å². The van der Waals surface area contributed by atoms with Crippen LogP contribution in [0.2, 0.25) is 5.02 Å². The van der Waals surface area contributed by atoms with Crippen LogP contribution in [-0.4, -0.2) is 34.2 Å². The number of ether oxygens (including phenoxy) is 1. The van der Waals surface area contributed by atoms with Crippen molar-refractivity contribution in [1.29, 1.82) is 0 Å². The van der Waals surface area contributed by atoms with Crippen molar-refractivity contribution in [3.05, 3.63) is 53.1 Å². The maximum Gasteiger partial charge on any atom is 0.416 e. The monoisotopic (exact) mass is 436 g/mol. The number of anilines is 2. The average molecular weight is 437 g/mol. The number of carbonyl (C=O) groups is 1. The fourth-order valence-corrected chi connectivity index (χ4v) is 3.46. The van der Waals surface area contributed by atoms with E-state index in [0.717, 1.165) is 18.4 Å². The predicted molar refractivity (Wildman–Crippen MR) is 100 cm³/mol. The summed E-state index contributed by atoms with van der Waals surface area (Å²) in [6.07, 6.45) is -3.94. The van der Waals surface area contributed by atoms with Crippen LogP contribution >= 0.6 is 11.6 Å². The van der Waals surface area contributed by atoms with Gasteiger partial charge in [0.05, 0.1) is 35.3 Å². The van der Waals surface area contributed by atoms with Gasteiger partial charge >= 0.3 is 6.18 Å². The quantitative estimate of drug-likeness (QED) is 0.748.